The normalized spacial score (nSPS) is 11.3. The molecule has 136 valence electrons. The van der Waals surface area contributed by atoms with Crippen LogP contribution >= 0.6 is 0 Å². The van der Waals surface area contributed by atoms with E-state index in [1.807, 2.05) is 6.92 Å². The molecular weight excluding hydrogens is 339 g/mol. The highest BCUT2D eigenvalue weighted by Crippen LogP contribution is 2.10. The predicted molar refractivity (Wildman–Crippen MR) is 94.1 cm³/mol. The number of rotatable bonds is 6. The Bertz CT molecular complexity index is 805. The Kier molecular flexibility index (Phi) is 6.43. The summed E-state index contributed by atoms with van der Waals surface area (Å²) in [7, 11) is 0. The lowest BCUT2D eigenvalue weighted by Crippen LogP contribution is -2.35. The molecule has 2 aromatic carbocycles. The van der Waals surface area contributed by atoms with Crippen LogP contribution in [-0.2, 0) is 14.3 Å². The second kappa shape index (κ2) is 8.75. The average Bonchev–Trinajstić information content (AvgIpc) is 2.60. The fraction of sp³-hybridized carbons (Fsp3) is 0.211. The van der Waals surface area contributed by atoms with Crippen molar-refractivity contribution in [2.75, 3.05) is 11.9 Å². The molecule has 0 bridgehead atoms. The van der Waals surface area contributed by atoms with Gasteiger partial charge in [0.2, 0.25) is 0 Å². The van der Waals surface area contributed by atoms with Gasteiger partial charge in [0.1, 0.15) is 12.4 Å². The Hall–Kier alpha value is -3.22. The summed E-state index contributed by atoms with van der Waals surface area (Å²) >= 11 is 0. The number of esters is 1. The highest BCUT2D eigenvalue weighted by Gasteiger charge is 2.18. The molecule has 0 aliphatic heterocycles. The van der Waals surface area contributed by atoms with Crippen molar-refractivity contribution >= 4 is 23.5 Å². The number of halogens is 1. The first-order valence-corrected chi connectivity index (χ1v) is 7.96. The standard InChI is InChI=1S/C19H19FN2O4/c1-12-6-8-14(9-7-12)19(25)21-11-17(23)26-13(2)18(24)22-16-5-3-4-15(20)10-16/h3-10,13H,11H2,1-2H3,(H,21,25)(H,22,24). The topological polar surface area (TPSA) is 84.5 Å². The maximum atomic E-state index is 13.1. The number of nitrogens with one attached hydrogen (secondary N) is 2. The van der Waals surface area contributed by atoms with Crippen LogP contribution in [-0.4, -0.2) is 30.4 Å². The number of carbonyl (C=O) groups excluding carboxylic acids is 3. The molecule has 2 N–H and O–H groups in total. The molecular formula is C19H19FN2O4. The van der Waals surface area contributed by atoms with Gasteiger partial charge < -0.3 is 15.4 Å². The van der Waals surface area contributed by atoms with E-state index >= 15 is 0 Å². The van der Waals surface area contributed by atoms with E-state index in [4.69, 9.17) is 4.74 Å². The third-order valence-corrected chi connectivity index (χ3v) is 3.48. The van der Waals surface area contributed by atoms with Crippen LogP contribution in [0.1, 0.15) is 22.8 Å². The molecule has 2 amide bonds. The molecule has 0 saturated carbocycles. The molecule has 0 heterocycles. The molecule has 26 heavy (non-hydrogen) atoms. The summed E-state index contributed by atoms with van der Waals surface area (Å²) in [4.78, 5) is 35.6. The summed E-state index contributed by atoms with van der Waals surface area (Å²) in [5.41, 5.74) is 1.69. The van der Waals surface area contributed by atoms with Gasteiger partial charge in [-0.1, -0.05) is 23.8 Å². The minimum absolute atomic E-state index is 0.255. The molecule has 1 atom stereocenters. The zero-order valence-corrected chi connectivity index (χ0v) is 14.4. The number of anilines is 1. The second-order valence-corrected chi connectivity index (χ2v) is 5.68. The summed E-state index contributed by atoms with van der Waals surface area (Å²) < 4.78 is 18.1. The minimum Gasteiger partial charge on any atom is -0.451 e. The van der Waals surface area contributed by atoms with Gasteiger partial charge in [-0.25, -0.2) is 4.39 Å². The molecule has 0 aromatic heterocycles. The van der Waals surface area contributed by atoms with Gasteiger partial charge in [0, 0.05) is 11.3 Å². The molecule has 0 spiro atoms. The third-order valence-electron chi connectivity index (χ3n) is 3.48. The fourth-order valence-electron chi connectivity index (χ4n) is 2.06. The highest BCUT2D eigenvalue weighted by atomic mass is 19.1. The summed E-state index contributed by atoms with van der Waals surface area (Å²) in [6.45, 7) is 2.91. The monoisotopic (exact) mass is 358 g/mol. The van der Waals surface area contributed by atoms with Crippen LogP contribution in [0.4, 0.5) is 10.1 Å². The van der Waals surface area contributed by atoms with Crippen molar-refractivity contribution in [3.05, 3.63) is 65.5 Å². The molecule has 0 fully saturated rings. The van der Waals surface area contributed by atoms with Crippen molar-refractivity contribution in [3.8, 4) is 0 Å². The Morgan fingerprint density at radius 1 is 1.12 bits per heavy atom. The second-order valence-electron chi connectivity index (χ2n) is 5.68. The predicted octanol–water partition coefficient (Wildman–Crippen LogP) is 2.43. The zero-order chi connectivity index (χ0) is 19.1. The smallest absolute Gasteiger partial charge is 0.326 e. The minimum atomic E-state index is -1.10. The molecule has 2 rings (SSSR count). The van der Waals surface area contributed by atoms with E-state index in [1.54, 1.807) is 24.3 Å². The van der Waals surface area contributed by atoms with Crippen molar-refractivity contribution in [2.45, 2.75) is 20.0 Å². The highest BCUT2D eigenvalue weighted by molar-refractivity contribution is 5.97. The maximum absolute atomic E-state index is 13.1. The number of aryl methyl sites for hydroxylation is 1. The van der Waals surface area contributed by atoms with Gasteiger partial charge in [0.25, 0.3) is 11.8 Å². The molecule has 0 saturated heterocycles. The fourth-order valence-corrected chi connectivity index (χ4v) is 2.06. The van der Waals surface area contributed by atoms with Crippen LogP contribution in [0.5, 0.6) is 0 Å². The number of amides is 2. The van der Waals surface area contributed by atoms with Crippen molar-refractivity contribution in [3.63, 3.8) is 0 Å². The van der Waals surface area contributed by atoms with E-state index in [-0.39, 0.29) is 12.2 Å². The van der Waals surface area contributed by atoms with Crippen LogP contribution in [0.2, 0.25) is 0 Å². The SMILES string of the molecule is Cc1ccc(C(=O)NCC(=O)OC(C)C(=O)Nc2cccc(F)c2)cc1. The van der Waals surface area contributed by atoms with Gasteiger partial charge >= 0.3 is 5.97 Å². The van der Waals surface area contributed by atoms with E-state index in [2.05, 4.69) is 10.6 Å². The van der Waals surface area contributed by atoms with E-state index in [0.717, 1.165) is 11.6 Å². The Balaban J connectivity index is 1.80. The number of hydrogen-bond donors (Lipinski definition) is 2. The van der Waals surface area contributed by atoms with Crippen LogP contribution in [0.3, 0.4) is 0 Å². The number of carbonyl (C=O) groups is 3. The molecule has 1 unspecified atom stereocenters. The molecule has 0 aliphatic carbocycles. The first-order chi connectivity index (χ1) is 12.3. The van der Waals surface area contributed by atoms with Crippen LogP contribution in [0, 0.1) is 12.7 Å². The number of ether oxygens (including phenoxy) is 1. The summed E-state index contributed by atoms with van der Waals surface area (Å²) in [5, 5.41) is 4.87. The van der Waals surface area contributed by atoms with Crippen molar-refractivity contribution in [1.29, 1.82) is 0 Å². The first-order valence-electron chi connectivity index (χ1n) is 7.96. The van der Waals surface area contributed by atoms with E-state index in [9.17, 15) is 18.8 Å². The molecule has 0 radical (unpaired) electrons. The largest absolute Gasteiger partial charge is 0.451 e. The van der Waals surface area contributed by atoms with Gasteiger partial charge in [-0.3, -0.25) is 14.4 Å². The van der Waals surface area contributed by atoms with Crippen molar-refractivity contribution in [2.24, 2.45) is 0 Å². The van der Waals surface area contributed by atoms with Gasteiger partial charge in [0.05, 0.1) is 0 Å². The molecule has 0 aliphatic rings. The van der Waals surface area contributed by atoms with Gasteiger partial charge in [-0.15, -0.1) is 0 Å². The summed E-state index contributed by atoms with van der Waals surface area (Å²) in [6.07, 6.45) is -1.10. The third kappa shape index (κ3) is 5.70. The Morgan fingerprint density at radius 2 is 1.81 bits per heavy atom. The lowest BCUT2D eigenvalue weighted by Gasteiger charge is -2.14. The maximum Gasteiger partial charge on any atom is 0.326 e. The van der Waals surface area contributed by atoms with Crippen LogP contribution < -0.4 is 10.6 Å². The quantitative estimate of drug-likeness (QED) is 0.777. The van der Waals surface area contributed by atoms with Gasteiger partial charge in [-0.2, -0.15) is 0 Å². The van der Waals surface area contributed by atoms with E-state index < -0.39 is 29.7 Å². The lowest BCUT2D eigenvalue weighted by molar-refractivity contribution is -0.152. The van der Waals surface area contributed by atoms with Crippen molar-refractivity contribution < 1.29 is 23.5 Å². The summed E-state index contributed by atoms with van der Waals surface area (Å²) in [6, 6.07) is 12.2. The van der Waals surface area contributed by atoms with Gasteiger partial charge in [-0.05, 0) is 44.2 Å². The molecule has 7 heteroatoms. The summed E-state index contributed by atoms with van der Waals surface area (Å²) in [5.74, 6) is -2.27. The molecule has 6 nitrogen and oxygen atoms in total. The number of hydrogen-bond acceptors (Lipinski definition) is 4. The van der Waals surface area contributed by atoms with Gasteiger partial charge in [0.15, 0.2) is 6.10 Å². The Labute approximate surface area is 150 Å². The van der Waals surface area contributed by atoms with E-state index in [1.165, 1.54) is 25.1 Å². The molecule has 2 aromatic rings. The first kappa shape index (κ1) is 19.1. The Morgan fingerprint density at radius 3 is 2.46 bits per heavy atom. The van der Waals surface area contributed by atoms with Crippen molar-refractivity contribution in [1.82, 2.24) is 5.32 Å². The zero-order valence-electron chi connectivity index (χ0n) is 14.4. The van der Waals surface area contributed by atoms with E-state index in [0.29, 0.717) is 5.56 Å². The van der Waals surface area contributed by atoms with Crippen LogP contribution in [0.25, 0.3) is 0 Å². The number of benzene rings is 2. The average molecular weight is 358 g/mol. The van der Waals surface area contributed by atoms with Crippen LogP contribution in [0.15, 0.2) is 48.5 Å². The lowest BCUT2D eigenvalue weighted by atomic mass is 10.1.